The largest absolute Gasteiger partial charge is 0.478 e. The molecule has 0 saturated heterocycles. The Kier molecular flexibility index (Phi) is 3.39. The molecular weight excluding hydrogens is 343 g/mol. The van der Waals surface area contributed by atoms with Crippen molar-refractivity contribution in [3.63, 3.8) is 0 Å². The first-order chi connectivity index (χ1) is 8.54. The van der Waals surface area contributed by atoms with Gasteiger partial charge in [0.2, 0.25) is 0 Å². The summed E-state index contributed by atoms with van der Waals surface area (Å²) in [6, 6.07) is 8.92. The zero-order valence-electron chi connectivity index (χ0n) is 9.49. The van der Waals surface area contributed by atoms with Crippen LogP contribution >= 0.6 is 22.6 Å². The molecule has 0 radical (unpaired) electrons. The maximum Gasteiger partial charge on any atom is 0.339 e. The Morgan fingerprint density at radius 2 is 2.00 bits per heavy atom. The number of halogens is 1. The highest BCUT2D eigenvalue weighted by atomic mass is 127. The fraction of sp³-hybridized carbons (Fsp3) is 0.0769. The Labute approximate surface area is 117 Å². The van der Waals surface area contributed by atoms with E-state index in [9.17, 15) is 9.90 Å². The van der Waals surface area contributed by atoms with Crippen molar-refractivity contribution in [1.29, 1.82) is 5.26 Å². The van der Waals surface area contributed by atoms with Crippen molar-refractivity contribution in [3.8, 4) is 17.2 Å². The Bertz CT molecular complexity index is 651. The van der Waals surface area contributed by atoms with E-state index < -0.39 is 5.97 Å². The highest BCUT2D eigenvalue weighted by molar-refractivity contribution is 14.1. The molecule has 2 rings (SSSR count). The Morgan fingerprint density at radius 3 is 2.50 bits per heavy atom. The molecule has 0 unspecified atom stereocenters. The lowest BCUT2D eigenvalue weighted by atomic mass is 10.0. The van der Waals surface area contributed by atoms with E-state index in [4.69, 9.17) is 5.26 Å². The highest BCUT2D eigenvalue weighted by Gasteiger charge is 2.20. The fourth-order valence-corrected chi connectivity index (χ4v) is 2.76. The number of aryl methyl sites for hydroxylation is 1. The molecule has 0 bridgehead atoms. The van der Waals surface area contributed by atoms with Gasteiger partial charge in [0, 0.05) is 11.3 Å². The van der Waals surface area contributed by atoms with Gasteiger partial charge >= 0.3 is 5.97 Å². The van der Waals surface area contributed by atoms with E-state index in [1.807, 2.05) is 35.6 Å². The molecule has 90 valence electrons. The molecule has 0 fully saturated rings. The van der Waals surface area contributed by atoms with Crippen molar-refractivity contribution in [2.75, 3.05) is 0 Å². The van der Waals surface area contributed by atoms with Gasteiger partial charge in [-0.2, -0.15) is 5.26 Å². The monoisotopic (exact) mass is 352 g/mol. The van der Waals surface area contributed by atoms with Gasteiger partial charge in [0.05, 0.1) is 20.9 Å². The molecule has 0 aliphatic rings. The second-order valence-electron chi connectivity index (χ2n) is 3.81. The third-order valence-electron chi connectivity index (χ3n) is 2.66. The number of aromatic nitrogens is 1. The fourth-order valence-electron chi connectivity index (χ4n) is 1.86. The molecule has 2 N–H and O–H groups in total. The van der Waals surface area contributed by atoms with E-state index in [-0.39, 0.29) is 5.56 Å². The number of nitrogens with zero attached hydrogens (tertiary/aromatic N) is 1. The van der Waals surface area contributed by atoms with Crippen LogP contribution < -0.4 is 0 Å². The van der Waals surface area contributed by atoms with E-state index in [0.717, 1.165) is 11.3 Å². The van der Waals surface area contributed by atoms with Gasteiger partial charge in [-0.05, 0) is 47.2 Å². The van der Waals surface area contributed by atoms with E-state index in [2.05, 4.69) is 4.98 Å². The number of H-pyrrole nitrogens is 1. The second-order valence-corrected chi connectivity index (χ2v) is 4.89. The van der Waals surface area contributed by atoms with Crippen molar-refractivity contribution in [2.45, 2.75) is 6.92 Å². The van der Waals surface area contributed by atoms with Crippen LogP contribution in [0.3, 0.4) is 0 Å². The zero-order chi connectivity index (χ0) is 13.3. The Balaban J connectivity index is 2.63. The highest BCUT2D eigenvalue weighted by Crippen LogP contribution is 2.31. The topological polar surface area (TPSA) is 76.9 Å². The number of aromatic carboxylic acids is 1. The van der Waals surface area contributed by atoms with Gasteiger partial charge in [-0.15, -0.1) is 0 Å². The van der Waals surface area contributed by atoms with E-state index in [1.54, 1.807) is 24.3 Å². The number of aromatic amines is 1. The van der Waals surface area contributed by atoms with Gasteiger partial charge in [-0.25, -0.2) is 4.79 Å². The number of carboxylic acid groups (broad SMARTS) is 1. The van der Waals surface area contributed by atoms with E-state index in [0.29, 0.717) is 14.8 Å². The van der Waals surface area contributed by atoms with Gasteiger partial charge in [0.25, 0.3) is 0 Å². The first kappa shape index (κ1) is 12.6. The minimum Gasteiger partial charge on any atom is -0.478 e. The molecule has 0 aliphatic heterocycles. The summed E-state index contributed by atoms with van der Waals surface area (Å²) in [5.41, 5.74) is 3.11. The van der Waals surface area contributed by atoms with Gasteiger partial charge in [0.15, 0.2) is 0 Å². The lowest BCUT2D eigenvalue weighted by Crippen LogP contribution is -1.99. The van der Waals surface area contributed by atoms with Crippen LogP contribution in [0.2, 0.25) is 0 Å². The lowest BCUT2D eigenvalue weighted by Gasteiger charge is -2.03. The minimum absolute atomic E-state index is 0.276. The van der Waals surface area contributed by atoms with Gasteiger partial charge in [0.1, 0.15) is 0 Å². The summed E-state index contributed by atoms with van der Waals surface area (Å²) in [6.07, 6.45) is 0. The molecule has 1 aromatic carbocycles. The third kappa shape index (κ3) is 2.11. The average Bonchev–Trinajstić information content (AvgIpc) is 2.64. The predicted molar refractivity (Wildman–Crippen MR) is 75.4 cm³/mol. The molecule has 5 heteroatoms. The molecule has 18 heavy (non-hydrogen) atoms. The van der Waals surface area contributed by atoms with Crippen molar-refractivity contribution in [3.05, 3.63) is 44.8 Å². The molecule has 0 amide bonds. The van der Waals surface area contributed by atoms with Crippen molar-refractivity contribution in [1.82, 2.24) is 4.98 Å². The third-order valence-corrected chi connectivity index (χ3v) is 3.47. The summed E-state index contributed by atoms with van der Waals surface area (Å²) in [5.74, 6) is -0.955. The molecule has 0 aliphatic carbocycles. The standard InChI is InChI=1S/C13H9IN2O2/c1-7-10(11(13(17)18)12(14)16-7)9-4-2-8(6-15)3-5-9/h2-5,16H,1H3,(H,17,18). The predicted octanol–water partition coefficient (Wildman–Crippen LogP) is 3.16. The number of rotatable bonds is 2. The van der Waals surface area contributed by atoms with Crippen LogP contribution in [0.5, 0.6) is 0 Å². The van der Waals surface area contributed by atoms with Crippen LogP contribution in [0.4, 0.5) is 0 Å². The van der Waals surface area contributed by atoms with Crippen LogP contribution in [0.25, 0.3) is 11.1 Å². The normalized spacial score (nSPS) is 10.1. The van der Waals surface area contributed by atoms with Crippen LogP contribution in [0, 0.1) is 22.0 Å². The number of nitrogens with one attached hydrogen (secondary N) is 1. The second kappa shape index (κ2) is 4.82. The van der Waals surface area contributed by atoms with Crippen molar-refractivity contribution < 1.29 is 9.90 Å². The van der Waals surface area contributed by atoms with Crippen LogP contribution in [0.1, 0.15) is 21.6 Å². The maximum absolute atomic E-state index is 11.3. The summed E-state index contributed by atoms with van der Waals surface area (Å²) in [4.78, 5) is 14.3. The van der Waals surface area contributed by atoms with E-state index in [1.165, 1.54) is 0 Å². The SMILES string of the molecule is Cc1[nH]c(I)c(C(=O)O)c1-c1ccc(C#N)cc1. The van der Waals surface area contributed by atoms with Gasteiger partial charge in [-0.3, -0.25) is 0 Å². The first-order valence-corrected chi connectivity index (χ1v) is 6.24. The summed E-state index contributed by atoms with van der Waals surface area (Å²) in [5, 5.41) is 18.0. The molecule has 1 aromatic heterocycles. The number of benzene rings is 1. The number of nitriles is 1. The maximum atomic E-state index is 11.3. The zero-order valence-corrected chi connectivity index (χ0v) is 11.6. The first-order valence-electron chi connectivity index (χ1n) is 5.16. The number of carboxylic acids is 1. The summed E-state index contributed by atoms with van der Waals surface area (Å²) < 4.78 is 0.608. The van der Waals surface area contributed by atoms with Gasteiger partial charge < -0.3 is 10.1 Å². The smallest absolute Gasteiger partial charge is 0.339 e. The quantitative estimate of drug-likeness (QED) is 0.815. The lowest BCUT2D eigenvalue weighted by molar-refractivity contribution is 0.0696. The summed E-state index contributed by atoms with van der Waals surface area (Å²) in [7, 11) is 0. The molecule has 2 aromatic rings. The van der Waals surface area contributed by atoms with E-state index >= 15 is 0 Å². The molecule has 4 nitrogen and oxygen atoms in total. The number of carbonyl (C=O) groups is 1. The summed E-state index contributed by atoms with van der Waals surface area (Å²) >= 11 is 1.97. The molecule has 0 saturated carbocycles. The van der Waals surface area contributed by atoms with Crippen LogP contribution in [0.15, 0.2) is 24.3 Å². The minimum atomic E-state index is -0.955. The number of hydrogen-bond donors (Lipinski definition) is 2. The molecule has 1 heterocycles. The van der Waals surface area contributed by atoms with Crippen molar-refractivity contribution in [2.24, 2.45) is 0 Å². The van der Waals surface area contributed by atoms with Crippen LogP contribution in [-0.2, 0) is 0 Å². The summed E-state index contributed by atoms with van der Waals surface area (Å²) in [6.45, 7) is 1.84. The number of hydrogen-bond acceptors (Lipinski definition) is 2. The molecule has 0 spiro atoms. The van der Waals surface area contributed by atoms with Crippen LogP contribution in [-0.4, -0.2) is 16.1 Å². The molecule has 0 atom stereocenters. The average molecular weight is 352 g/mol. The molecular formula is C13H9IN2O2. The Hall–Kier alpha value is -1.81. The Morgan fingerprint density at radius 1 is 1.39 bits per heavy atom. The van der Waals surface area contributed by atoms with Gasteiger partial charge in [-0.1, -0.05) is 12.1 Å². The van der Waals surface area contributed by atoms with Crippen molar-refractivity contribution >= 4 is 28.6 Å².